The van der Waals surface area contributed by atoms with Crippen LogP contribution in [0, 0.1) is 0 Å². The highest BCUT2D eigenvalue weighted by Crippen LogP contribution is 1.90. The van der Waals surface area contributed by atoms with Crippen molar-refractivity contribution in [2.45, 2.75) is 25.8 Å². The van der Waals surface area contributed by atoms with E-state index >= 15 is 0 Å². The third kappa shape index (κ3) is 4.09. The molecule has 3 N–H and O–H groups in total. The van der Waals surface area contributed by atoms with E-state index in [2.05, 4.69) is 0 Å². The molecule has 1 atom stereocenters. The number of hydrogen-bond acceptors (Lipinski definition) is 2. The first-order valence-electron chi connectivity index (χ1n) is 3.33. The minimum atomic E-state index is -0.979. The molecule has 0 aliphatic heterocycles. The highest BCUT2D eigenvalue weighted by molar-refractivity contribution is 5.75. The van der Waals surface area contributed by atoms with Crippen molar-refractivity contribution in [3.8, 4) is 0 Å². The molecule has 0 amide bonds. The van der Waals surface area contributed by atoms with E-state index in [4.69, 9.17) is 10.8 Å². The fourth-order valence-electron chi connectivity index (χ4n) is 0.492. The van der Waals surface area contributed by atoms with Crippen LogP contribution in [0.2, 0.25) is 0 Å². The summed E-state index contributed by atoms with van der Waals surface area (Å²) in [6.07, 6.45) is 5.20. The fourth-order valence-corrected chi connectivity index (χ4v) is 0.492. The largest absolute Gasteiger partial charge is 0.480 e. The van der Waals surface area contributed by atoms with Crippen LogP contribution in [-0.4, -0.2) is 17.1 Å². The molecule has 0 spiro atoms. The molecule has 10 heavy (non-hydrogen) atoms. The molecule has 0 heterocycles. The lowest BCUT2D eigenvalue weighted by Crippen LogP contribution is -2.27. The zero-order chi connectivity index (χ0) is 7.98. The lowest BCUT2D eigenvalue weighted by atomic mass is 10.2. The quantitative estimate of drug-likeness (QED) is 0.571. The number of nitrogens with two attached hydrogens (primary N) is 1. The van der Waals surface area contributed by atoms with E-state index in [1.54, 1.807) is 6.08 Å². The van der Waals surface area contributed by atoms with E-state index in [0.29, 0.717) is 0 Å². The summed E-state index contributed by atoms with van der Waals surface area (Å²) in [5.74, 6) is -0.979. The summed E-state index contributed by atoms with van der Waals surface area (Å²) in [6, 6.07) is -0.841. The Morgan fingerprint density at radius 3 is 2.80 bits per heavy atom. The predicted octanol–water partition coefficient (Wildman–Crippen LogP) is 0.755. The summed E-state index contributed by atoms with van der Waals surface area (Å²) >= 11 is 0. The van der Waals surface area contributed by atoms with Crippen molar-refractivity contribution in [1.29, 1.82) is 0 Å². The first kappa shape index (κ1) is 9.17. The van der Waals surface area contributed by atoms with Gasteiger partial charge in [0.1, 0.15) is 6.04 Å². The van der Waals surface area contributed by atoms with Gasteiger partial charge in [-0.1, -0.05) is 25.5 Å². The Balaban J connectivity index is 3.55. The summed E-state index contributed by atoms with van der Waals surface area (Å²) in [5, 5.41) is 8.31. The number of carbonyl (C=O) groups is 1. The molecule has 3 nitrogen and oxygen atoms in total. The van der Waals surface area contributed by atoms with Crippen LogP contribution in [0.15, 0.2) is 12.2 Å². The Bertz CT molecular complexity index is 132. The summed E-state index contributed by atoms with van der Waals surface area (Å²) in [5.41, 5.74) is 5.17. The zero-order valence-corrected chi connectivity index (χ0v) is 6.08. The van der Waals surface area contributed by atoms with E-state index in [-0.39, 0.29) is 0 Å². The molecule has 0 aromatic heterocycles. The van der Waals surface area contributed by atoms with Gasteiger partial charge < -0.3 is 10.8 Å². The van der Waals surface area contributed by atoms with Gasteiger partial charge in [0.25, 0.3) is 0 Å². The number of carboxylic acids is 1. The summed E-state index contributed by atoms with van der Waals surface area (Å²) < 4.78 is 0. The van der Waals surface area contributed by atoms with Gasteiger partial charge in [0.05, 0.1) is 0 Å². The smallest absolute Gasteiger partial charge is 0.324 e. The van der Waals surface area contributed by atoms with Gasteiger partial charge in [-0.05, 0) is 6.42 Å². The molecule has 3 heteroatoms. The molecule has 0 bridgehead atoms. The molecule has 0 aromatic carbocycles. The van der Waals surface area contributed by atoms with Gasteiger partial charge in [-0.25, -0.2) is 0 Å². The molecule has 0 aliphatic carbocycles. The summed E-state index contributed by atoms with van der Waals surface area (Å²) in [6.45, 7) is 2.02. The van der Waals surface area contributed by atoms with Crippen LogP contribution in [0.5, 0.6) is 0 Å². The normalized spacial score (nSPS) is 13.8. The lowest BCUT2D eigenvalue weighted by molar-refractivity contribution is -0.137. The van der Waals surface area contributed by atoms with Gasteiger partial charge in [0, 0.05) is 0 Å². The predicted molar refractivity (Wildman–Crippen MR) is 39.7 cm³/mol. The van der Waals surface area contributed by atoms with E-state index in [1.165, 1.54) is 6.08 Å². The third-order valence-electron chi connectivity index (χ3n) is 1.08. The summed E-state index contributed by atoms with van der Waals surface area (Å²) in [7, 11) is 0. The summed E-state index contributed by atoms with van der Waals surface area (Å²) in [4.78, 5) is 10.1. The highest BCUT2D eigenvalue weighted by atomic mass is 16.4. The van der Waals surface area contributed by atoms with Crippen molar-refractivity contribution < 1.29 is 9.90 Å². The number of allylic oxidation sites excluding steroid dienone is 1. The molecular formula is C7H13NO2. The molecule has 0 unspecified atom stereocenters. The van der Waals surface area contributed by atoms with Crippen LogP contribution >= 0.6 is 0 Å². The van der Waals surface area contributed by atoms with Crippen molar-refractivity contribution in [2.24, 2.45) is 5.73 Å². The van der Waals surface area contributed by atoms with Gasteiger partial charge >= 0.3 is 5.97 Å². The Hall–Kier alpha value is -0.830. The number of rotatable bonds is 4. The monoisotopic (exact) mass is 143 g/mol. The average molecular weight is 143 g/mol. The van der Waals surface area contributed by atoms with E-state index in [1.807, 2.05) is 6.92 Å². The molecule has 0 saturated carbocycles. The van der Waals surface area contributed by atoms with Crippen molar-refractivity contribution in [1.82, 2.24) is 0 Å². The molecule has 0 aromatic rings. The van der Waals surface area contributed by atoms with Gasteiger partial charge in [-0.3, -0.25) is 4.79 Å². The number of unbranched alkanes of at least 4 members (excludes halogenated alkanes) is 1. The number of carboxylic acid groups (broad SMARTS) is 1. The average Bonchev–Trinajstić information content (AvgIpc) is 1.88. The van der Waals surface area contributed by atoms with Gasteiger partial charge in [-0.2, -0.15) is 0 Å². The maximum atomic E-state index is 10.1. The minimum Gasteiger partial charge on any atom is -0.480 e. The molecule has 0 saturated heterocycles. The molecule has 0 fully saturated rings. The maximum absolute atomic E-state index is 10.1. The fraction of sp³-hybridized carbons (Fsp3) is 0.571. The Morgan fingerprint density at radius 1 is 1.80 bits per heavy atom. The molecule has 58 valence electrons. The Morgan fingerprint density at radius 2 is 2.40 bits per heavy atom. The number of hydrogen-bond donors (Lipinski definition) is 2. The first-order valence-corrected chi connectivity index (χ1v) is 3.33. The van der Waals surface area contributed by atoms with E-state index in [9.17, 15) is 4.79 Å². The van der Waals surface area contributed by atoms with E-state index < -0.39 is 12.0 Å². The molecular weight excluding hydrogens is 130 g/mol. The van der Waals surface area contributed by atoms with Crippen LogP contribution < -0.4 is 5.73 Å². The standard InChI is InChI=1S/C7H13NO2/c1-2-3-4-5-6(8)7(9)10/h4-6H,2-3,8H2,1H3,(H,9,10)/t6-/m1/s1. The maximum Gasteiger partial charge on any atom is 0.324 e. The second-order valence-electron chi connectivity index (χ2n) is 2.08. The van der Waals surface area contributed by atoms with Gasteiger partial charge in [0.2, 0.25) is 0 Å². The number of aliphatic carboxylic acids is 1. The van der Waals surface area contributed by atoms with Gasteiger partial charge in [0.15, 0.2) is 0 Å². The van der Waals surface area contributed by atoms with Crippen LogP contribution in [0.3, 0.4) is 0 Å². The van der Waals surface area contributed by atoms with Crippen molar-refractivity contribution in [3.63, 3.8) is 0 Å². The first-order chi connectivity index (χ1) is 4.68. The van der Waals surface area contributed by atoms with Crippen LogP contribution in [0.25, 0.3) is 0 Å². The second kappa shape index (κ2) is 4.99. The zero-order valence-electron chi connectivity index (χ0n) is 6.08. The topological polar surface area (TPSA) is 63.3 Å². The third-order valence-corrected chi connectivity index (χ3v) is 1.08. The SMILES string of the molecule is CCCC=C[C@@H](N)C(=O)O. The second-order valence-corrected chi connectivity index (χ2v) is 2.08. The highest BCUT2D eigenvalue weighted by Gasteiger charge is 2.04. The van der Waals surface area contributed by atoms with Gasteiger partial charge in [-0.15, -0.1) is 0 Å². The van der Waals surface area contributed by atoms with Crippen LogP contribution in [-0.2, 0) is 4.79 Å². The molecule has 0 rings (SSSR count). The van der Waals surface area contributed by atoms with Crippen LogP contribution in [0.1, 0.15) is 19.8 Å². The molecule has 0 aliphatic rings. The molecule has 0 radical (unpaired) electrons. The van der Waals surface area contributed by atoms with Crippen molar-refractivity contribution in [3.05, 3.63) is 12.2 Å². The Labute approximate surface area is 60.5 Å². The minimum absolute atomic E-state index is 0.841. The Kier molecular flexibility index (Phi) is 4.58. The van der Waals surface area contributed by atoms with Crippen molar-refractivity contribution >= 4 is 5.97 Å². The van der Waals surface area contributed by atoms with E-state index in [0.717, 1.165) is 12.8 Å². The van der Waals surface area contributed by atoms with Crippen molar-refractivity contribution in [2.75, 3.05) is 0 Å². The van der Waals surface area contributed by atoms with Crippen LogP contribution in [0.4, 0.5) is 0 Å². The lowest BCUT2D eigenvalue weighted by Gasteiger charge is -1.96.